The highest BCUT2D eigenvalue weighted by molar-refractivity contribution is 7.99. The molecule has 1 saturated carbocycles. The second-order valence-corrected chi connectivity index (χ2v) is 6.41. The van der Waals surface area contributed by atoms with Gasteiger partial charge < -0.3 is 16.0 Å². The van der Waals surface area contributed by atoms with Gasteiger partial charge in [-0.25, -0.2) is 4.98 Å². The van der Waals surface area contributed by atoms with Gasteiger partial charge in [0, 0.05) is 23.6 Å². The number of hydrogen-bond acceptors (Lipinski definition) is 5. The molecule has 0 radical (unpaired) electrons. The Labute approximate surface area is 128 Å². The van der Waals surface area contributed by atoms with Crippen molar-refractivity contribution in [2.24, 2.45) is 5.73 Å². The Balaban J connectivity index is 1.86. The molecule has 0 saturated heterocycles. The number of hydrogen-bond donors (Lipinski definition) is 3. The van der Waals surface area contributed by atoms with Crippen molar-refractivity contribution in [1.82, 2.24) is 15.3 Å². The van der Waals surface area contributed by atoms with Gasteiger partial charge in [-0.15, -0.1) is 0 Å². The van der Waals surface area contributed by atoms with Crippen LogP contribution in [-0.2, 0) is 11.2 Å². The monoisotopic (exact) mass is 310 g/mol. The maximum absolute atomic E-state index is 11.5. The van der Waals surface area contributed by atoms with Crippen LogP contribution in [0.25, 0.3) is 0 Å². The minimum atomic E-state index is -0.316. The van der Waals surface area contributed by atoms with Gasteiger partial charge in [0.1, 0.15) is 0 Å². The number of amides is 1. The van der Waals surface area contributed by atoms with E-state index in [1.807, 2.05) is 0 Å². The zero-order valence-corrected chi connectivity index (χ0v) is 13.0. The van der Waals surface area contributed by atoms with E-state index in [-0.39, 0.29) is 17.5 Å². The molecule has 7 heteroatoms. The average molecular weight is 310 g/mol. The SMILES string of the molecule is CCCc1cc(=O)[nH]c(SCCC(NC2CC2)C(N)=O)n1. The summed E-state index contributed by atoms with van der Waals surface area (Å²) in [5.41, 5.74) is 6.08. The molecule has 1 amide bonds. The molecule has 1 unspecified atom stereocenters. The van der Waals surface area contributed by atoms with Crippen molar-refractivity contribution in [3.05, 3.63) is 22.1 Å². The molecule has 0 aromatic carbocycles. The van der Waals surface area contributed by atoms with Crippen molar-refractivity contribution in [3.8, 4) is 0 Å². The molecular formula is C14H22N4O2S. The fraction of sp³-hybridized carbons (Fsp3) is 0.643. The minimum absolute atomic E-state index is 0.126. The maximum Gasteiger partial charge on any atom is 0.251 e. The van der Waals surface area contributed by atoms with Gasteiger partial charge in [-0.3, -0.25) is 9.59 Å². The molecule has 1 aliphatic carbocycles. The Bertz CT molecular complexity index is 542. The second-order valence-electron chi connectivity index (χ2n) is 5.32. The summed E-state index contributed by atoms with van der Waals surface area (Å²) < 4.78 is 0. The number of nitrogens with two attached hydrogens (primary N) is 1. The highest BCUT2D eigenvalue weighted by Crippen LogP contribution is 2.21. The molecule has 1 heterocycles. The van der Waals surface area contributed by atoms with Crippen LogP contribution in [0.3, 0.4) is 0 Å². The molecule has 6 nitrogen and oxygen atoms in total. The third-order valence-electron chi connectivity index (χ3n) is 3.28. The van der Waals surface area contributed by atoms with E-state index in [4.69, 9.17) is 5.73 Å². The lowest BCUT2D eigenvalue weighted by Gasteiger charge is -2.14. The van der Waals surface area contributed by atoms with E-state index in [2.05, 4.69) is 22.2 Å². The normalized spacial score (nSPS) is 15.9. The van der Waals surface area contributed by atoms with Gasteiger partial charge in [0.05, 0.1) is 6.04 Å². The number of rotatable bonds is 9. The van der Waals surface area contributed by atoms with Crippen LogP contribution < -0.4 is 16.6 Å². The Kier molecular flexibility index (Phi) is 5.81. The molecule has 2 rings (SSSR count). The van der Waals surface area contributed by atoms with Gasteiger partial charge in [-0.1, -0.05) is 25.1 Å². The van der Waals surface area contributed by atoms with E-state index in [0.717, 1.165) is 31.4 Å². The summed E-state index contributed by atoms with van der Waals surface area (Å²) in [6, 6.07) is 1.68. The highest BCUT2D eigenvalue weighted by Gasteiger charge is 2.26. The minimum Gasteiger partial charge on any atom is -0.368 e. The van der Waals surface area contributed by atoms with Crippen molar-refractivity contribution >= 4 is 17.7 Å². The van der Waals surface area contributed by atoms with Crippen LogP contribution in [0.1, 0.15) is 38.3 Å². The lowest BCUT2D eigenvalue weighted by atomic mass is 10.2. The summed E-state index contributed by atoms with van der Waals surface area (Å²) in [5.74, 6) is 0.370. The number of nitrogens with zero attached hydrogens (tertiary/aromatic N) is 1. The zero-order chi connectivity index (χ0) is 15.2. The van der Waals surface area contributed by atoms with Crippen LogP contribution in [0.15, 0.2) is 16.0 Å². The fourth-order valence-corrected chi connectivity index (χ4v) is 2.95. The first-order chi connectivity index (χ1) is 10.1. The van der Waals surface area contributed by atoms with E-state index < -0.39 is 0 Å². The quantitative estimate of drug-likeness (QED) is 0.463. The zero-order valence-electron chi connectivity index (χ0n) is 12.2. The summed E-state index contributed by atoms with van der Waals surface area (Å²) >= 11 is 1.45. The van der Waals surface area contributed by atoms with Gasteiger partial charge >= 0.3 is 0 Å². The number of thioether (sulfide) groups is 1. The fourth-order valence-electron chi connectivity index (χ4n) is 2.05. The molecular weight excluding hydrogens is 288 g/mol. The van der Waals surface area contributed by atoms with Crippen LogP contribution >= 0.6 is 11.8 Å². The predicted molar refractivity (Wildman–Crippen MR) is 83.3 cm³/mol. The molecule has 4 N–H and O–H groups in total. The van der Waals surface area contributed by atoms with E-state index in [9.17, 15) is 9.59 Å². The van der Waals surface area contributed by atoms with Crippen LogP contribution in [0, 0.1) is 0 Å². The lowest BCUT2D eigenvalue weighted by molar-refractivity contribution is -0.120. The number of nitrogens with one attached hydrogen (secondary N) is 2. The Morgan fingerprint density at radius 3 is 3.00 bits per heavy atom. The standard InChI is InChI=1S/C14H22N4O2S/c1-2-3-10-8-12(19)18-14(17-10)21-7-6-11(13(15)20)16-9-4-5-9/h8-9,11,16H,2-7H2,1H3,(H2,15,20)(H,17,18,19). The third-order valence-corrected chi connectivity index (χ3v) is 4.19. The molecule has 21 heavy (non-hydrogen) atoms. The number of H-pyrrole nitrogens is 1. The van der Waals surface area contributed by atoms with Gasteiger partial charge in [0.25, 0.3) is 5.56 Å². The number of aromatic amines is 1. The summed E-state index contributed by atoms with van der Waals surface area (Å²) in [7, 11) is 0. The maximum atomic E-state index is 11.5. The molecule has 0 spiro atoms. The molecule has 1 fully saturated rings. The van der Waals surface area contributed by atoms with Crippen LogP contribution in [0.5, 0.6) is 0 Å². The Hall–Kier alpha value is -1.34. The lowest BCUT2D eigenvalue weighted by Crippen LogP contribution is -2.42. The van der Waals surface area contributed by atoms with E-state index in [1.165, 1.54) is 17.8 Å². The van der Waals surface area contributed by atoms with Crippen LogP contribution in [-0.4, -0.2) is 33.7 Å². The first-order valence-corrected chi connectivity index (χ1v) is 8.35. The molecule has 0 bridgehead atoms. The van der Waals surface area contributed by atoms with Gasteiger partial charge in [-0.2, -0.15) is 0 Å². The average Bonchev–Trinajstić information content (AvgIpc) is 3.21. The van der Waals surface area contributed by atoms with Crippen LogP contribution in [0.2, 0.25) is 0 Å². The summed E-state index contributed by atoms with van der Waals surface area (Å²) in [6.07, 6.45) is 4.62. The Morgan fingerprint density at radius 1 is 1.62 bits per heavy atom. The van der Waals surface area contributed by atoms with Crippen molar-refractivity contribution in [2.75, 3.05) is 5.75 Å². The van der Waals surface area contributed by atoms with Crippen molar-refractivity contribution in [2.45, 2.75) is 56.3 Å². The first kappa shape index (κ1) is 16.0. The second kappa shape index (κ2) is 7.61. The predicted octanol–water partition coefficient (Wildman–Crippen LogP) is 0.811. The highest BCUT2D eigenvalue weighted by atomic mass is 32.2. The van der Waals surface area contributed by atoms with E-state index >= 15 is 0 Å². The topological polar surface area (TPSA) is 101 Å². The molecule has 1 aromatic heterocycles. The third kappa shape index (κ3) is 5.51. The van der Waals surface area contributed by atoms with E-state index in [1.54, 1.807) is 0 Å². The Morgan fingerprint density at radius 2 is 2.38 bits per heavy atom. The number of carbonyl (C=O) groups excluding carboxylic acids is 1. The summed E-state index contributed by atoms with van der Waals surface area (Å²) in [6.45, 7) is 2.05. The molecule has 1 atom stereocenters. The van der Waals surface area contributed by atoms with Crippen molar-refractivity contribution in [1.29, 1.82) is 0 Å². The smallest absolute Gasteiger partial charge is 0.251 e. The van der Waals surface area contributed by atoms with Crippen LogP contribution in [0.4, 0.5) is 0 Å². The molecule has 1 aliphatic rings. The molecule has 116 valence electrons. The number of primary amides is 1. The molecule has 0 aliphatic heterocycles. The largest absolute Gasteiger partial charge is 0.368 e. The summed E-state index contributed by atoms with van der Waals surface area (Å²) in [5, 5.41) is 3.85. The van der Waals surface area contributed by atoms with Crippen molar-refractivity contribution in [3.63, 3.8) is 0 Å². The van der Waals surface area contributed by atoms with Gasteiger partial charge in [0.15, 0.2) is 5.16 Å². The van der Waals surface area contributed by atoms with Gasteiger partial charge in [0.2, 0.25) is 5.91 Å². The summed E-state index contributed by atoms with van der Waals surface area (Å²) in [4.78, 5) is 30.1. The molecule has 1 aromatic rings. The van der Waals surface area contributed by atoms with E-state index in [0.29, 0.717) is 23.4 Å². The number of aryl methyl sites for hydroxylation is 1. The first-order valence-electron chi connectivity index (χ1n) is 7.37. The van der Waals surface area contributed by atoms with Crippen molar-refractivity contribution < 1.29 is 4.79 Å². The number of carbonyl (C=O) groups is 1. The van der Waals surface area contributed by atoms with Gasteiger partial charge in [-0.05, 0) is 25.7 Å². The number of aromatic nitrogens is 2.